The number of aromatic nitrogens is 4. The molecule has 0 aliphatic rings. The highest BCUT2D eigenvalue weighted by Gasteiger charge is 2.19. The second-order valence-corrected chi connectivity index (χ2v) is 6.52. The topological polar surface area (TPSA) is 58.5 Å². The molecule has 0 aliphatic heterocycles. The van der Waals surface area contributed by atoms with Crippen molar-refractivity contribution in [1.29, 1.82) is 0 Å². The summed E-state index contributed by atoms with van der Waals surface area (Å²) in [4.78, 5) is 4.06. The van der Waals surface area contributed by atoms with Crippen molar-refractivity contribution in [2.45, 2.75) is 46.2 Å². The van der Waals surface area contributed by atoms with Crippen LogP contribution in [0.3, 0.4) is 0 Å². The van der Waals surface area contributed by atoms with Crippen molar-refractivity contribution in [2.75, 3.05) is 6.54 Å². The minimum absolute atomic E-state index is 0.107. The number of nitrogens with one attached hydrogen (secondary N) is 2. The maximum absolute atomic E-state index is 4.17. The van der Waals surface area contributed by atoms with Crippen molar-refractivity contribution in [2.24, 2.45) is 5.92 Å². The van der Waals surface area contributed by atoms with Gasteiger partial charge in [0.05, 0.1) is 12.5 Å². The molecule has 0 unspecified atom stereocenters. The van der Waals surface area contributed by atoms with E-state index in [9.17, 15) is 0 Å². The van der Waals surface area contributed by atoms with Crippen LogP contribution in [0.25, 0.3) is 0 Å². The van der Waals surface area contributed by atoms with E-state index in [1.165, 1.54) is 11.3 Å². The van der Waals surface area contributed by atoms with Gasteiger partial charge in [0.2, 0.25) is 0 Å². The first-order valence-electron chi connectivity index (χ1n) is 7.16. The highest BCUT2D eigenvalue weighted by molar-refractivity contribution is 5.23. The summed E-state index contributed by atoms with van der Waals surface area (Å²) in [5.41, 5.74) is 2.58. The predicted molar refractivity (Wildman–Crippen MR) is 80.4 cm³/mol. The van der Waals surface area contributed by atoms with Crippen LogP contribution in [0.1, 0.15) is 39.0 Å². The number of hydrogen-bond donors (Lipinski definition) is 2. The van der Waals surface area contributed by atoms with Gasteiger partial charge in [-0.25, -0.2) is 4.98 Å². The average Bonchev–Trinajstić information content (AvgIpc) is 2.98. The van der Waals surface area contributed by atoms with Gasteiger partial charge in [-0.1, -0.05) is 27.7 Å². The molecule has 0 spiro atoms. The summed E-state index contributed by atoms with van der Waals surface area (Å²) >= 11 is 0. The number of H-pyrrole nitrogens is 1. The summed E-state index contributed by atoms with van der Waals surface area (Å²) in [5.74, 6) is 0.564. The van der Waals surface area contributed by atoms with Gasteiger partial charge in [0.25, 0.3) is 0 Å². The van der Waals surface area contributed by atoms with Gasteiger partial charge in [0, 0.05) is 42.2 Å². The Labute approximate surface area is 120 Å². The molecule has 2 aromatic heterocycles. The zero-order valence-corrected chi connectivity index (χ0v) is 12.8. The van der Waals surface area contributed by atoms with Gasteiger partial charge >= 0.3 is 0 Å². The summed E-state index contributed by atoms with van der Waals surface area (Å²) in [6.45, 7) is 11.7. The molecule has 0 radical (unpaired) electrons. The first-order valence-corrected chi connectivity index (χ1v) is 7.16. The predicted octanol–water partition coefficient (Wildman–Crippen LogP) is 2.33. The van der Waals surface area contributed by atoms with Gasteiger partial charge in [-0.3, -0.25) is 5.10 Å². The molecule has 0 fully saturated rings. The summed E-state index contributed by atoms with van der Waals surface area (Å²) in [6, 6.07) is 0. The lowest BCUT2D eigenvalue weighted by Gasteiger charge is -2.19. The van der Waals surface area contributed by atoms with Crippen LogP contribution in [-0.4, -0.2) is 26.3 Å². The zero-order valence-electron chi connectivity index (χ0n) is 12.8. The van der Waals surface area contributed by atoms with Crippen LogP contribution in [0.15, 0.2) is 24.9 Å². The highest BCUT2D eigenvalue weighted by Crippen LogP contribution is 2.23. The summed E-state index contributed by atoms with van der Waals surface area (Å²) in [7, 11) is 0. The molecule has 2 aromatic rings. The van der Waals surface area contributed by atoms with Crippen LogP contribution in [0.5, 0.6) is 0 Å². The summed E-state index contributed by atoms with van der Waals surface area (Å²) < 4.78 is 2.12. The number of hydrogen-bond acceptors (Lipinski definition) is 3. The maximum atomic E-state index is 4.17. The number of aromatic amines is 1. The van der Waals surface area contributed by atoms with E-state index in [0.29, 0.717) is 5.92 Å². The molecular formula is C15H25N5. The Morgan fingerprint density at radius 2 is 2.20 bits per heavy atom. The van der Waals surface area contributed by atoms with Crippen LogP contribution in [0.2, 0.25) is 0 Å². The molecule has 0 amide bonds. The molecule has 2 N–H and O–H groups in total. The van der Waals surface area contributed by atoms with Gasteiger partial charge in [0.1, 0.15) is 0 Å². The second-order valence-electron chi connectivity index (χ2n) is 6.52. The number of nitrogens with zero attached hydrogens (tertiary/aromatic N) is 3. The average molecular weight is 275 g/mol. The Bertz CT molecular complexity index is 507. The SMILES string of the molecule is C[C@H](CNCc1cn[nH]c1C(C)(C)C)Cn1ccnc1. The quantitative estimate of drug-likeness (QED) is 0.850. The van der Waals surface area contributed by atoms with E-state index in [1.807, 2.05) is 24.9 Å². The lowest BCUT2D eigenvalue weighted by molar-refractivity contribution is 0.443. The number of imidazole rings is 1. The Hall–Kier alpha value is -1.62. The molecule has 2 heterocycles. The van der Waals surface area contributed by atoms with E-state index in [0.717, 1.165) is 19.6 Å². The van der Waals surface area contributed by atoms with E-state index in [-0.39, 0.29) is 5.41 Å². The fraction of sp³-hybridized carbons (Fsp3) is 0.600. The van der Waals surface area contributed by atoms with Crippen molar-refractivity contribution in [3.05, 3.63) is 36.2 Å². The Balaban J connectivity index is 1.80. The van der Waals surface area contributed by atoms with Gasteiger partial charge in [-0.2, -0.15) is 5.10 Å². The van der Waals surface area contributed by atoms with E-state index in [1.54, 1.807) is 0 Å². The standard InChI is InChI=1S/C15H25N5/c1-12(10-20-6-5-16-11-20)7-17-8-13-9-18-19-14(13)15(2,3)4/h5-6,9,11-12,17H,7-8,10H2,1-4H3,(H,18,19)/t12-/m1/s1. The van der Waals surface area contributed by atoms with Crippen LogP contribution in [-0.2, 0) is 18.5 Å². The molecule has 0 aliphatic carbocycles. The molecule has 0 aromatic carbocycles. The summed E-state index contributed by atoms with van der Waals surface area (Å²) in [5, 5.41) is 10.8. The monoisotopic (exact) mass is 275 g/mol. The number of rotatable bonds is 6. The van der Waals surface area contributed by atoms with Crippen LogP contribution in [0, 0.1) is 5.92 Å². The molecule has 0 bridgehead atoms. The molecule has 0 saturated heterocycles. The Kier molecular flexibility index (Phi) is 4.60. The molecular weight excluding hydrogens is 250 g/mol. The molecule has 5 heteroatoms. The maximum Gasteiger partial charge on any atom is 0.0946 e. The third-order valence-electron chi connectivity index (χ3n) is 3.36. The third kappa shape index (κ3) is 3.93. The van der Waals surface area contributed by atoms with E-state index >= 15 is 0 Å². The van der Waals surface area contributed by atoms with E-state index < -0.39 is 0 Å². The van der Waals surface area contributed by atoms with Crippen LogP contribution < -0.4 is 5.32 Å². The normalized spacial score (nSPS) is 13.6. The summed E-state index contributed by atoms with van der Waals surface area (Å²) in [6.07, 6.45) is 7.61. The smallest absolute Gasteiger partial charge is 0.0946 e. The fourth-order valence-corrected chi connectivity index (χ4v) is 2.37. The second kappa shape index (κ2) is 6.22. The largest absolute Gasteiger partial charge is 0.337 e. The van der Waals surface area contributed by atoms with Crippen molar-refractivity contribution in [3.63, 3.8) is 0 Å². The lowest BCUT2D eigenvalue weighted by Crippen LogP contribution is -2.25. The van der Waals surface area contributed by atoms with Crippen molar-refractivity contribution >= 4 is 0 Å². The van der Waals surface area contributed by atoms with Gasteiger partial charge in [-0.05, 0) is 12.5 Å². The minimum Gasteiger partial charge on any atom is -0.337 e. The van der Waals surface area contributed by atoms with E-state index in [4.69, 9.17) is 0 Å². The molecule has 110 valence electrons. The highest BCUT2D eigenvalue weighted by atomic mass is 15.1. The molecule has 5 nitrogen and oxygen atoms in total. The Morgan fingerprint density at radius 3 is 2.85 bits per heavy atom. The van der Waals surface area contributed by atoms with Crippen molar-refractivity contribution in [1.82, 2.24) is 25.1 Å². The lowest BCUT2D eigenvalue weighted by atomic mass is 9.89. The van der Waals surface area contributed by atoms with E-state index in [2.05, 4.69) is 52.8 Å². The molecule has 0 saturated carbocycles. The molecule has 2 rings (SSSR count). The van der Waals surface area contributed by atoms with Gasteiger partial charge < -0.3 is 9.88 Å². The molecule has 20 heavy (non-hydrogen) atoms. The van der Waals surface area contributed by atoms with Gasteiger partial charge in [0.15, 0.2) is 0 Å². The Morgan fingerprint density at radius 1 is 1.40 bits per heavy atom. The van der Waals surface area contributed by atoms with Crippen molar-refractivity contribution in [3.8, 4) is 0 Å². The van der Waals surface area contributed by atoms with Crippen LogP contribution in [0.4, 0.5) is 0 Å². The fourth-order valence-electron chi connectivity index (χ4n) is 2.37. The zero-order chi connectivity index (χ0) is 14.6. The first-order chi connectivity index (χ1) is 9.47. The third-order valence-corrected chi connectivity index (χ3v) is 3.36. The van der Waals surface area contributed by atoms with Crippen molar-refractivity contribution < 1.29 is 0 Å². The van der Waals surface area contributed by atoms with Gasteiger partial charge in [-0.15, -0.1) is 0 Å². The molecule has 1 atom stereocenters. The first kappa shape index (κ1) is 14.8. The van der Waals surface area contributed by atoms with Crippen LogP contribution >= 0.6 is 0 Å². The minimum atomic E-state index is 0.107.